The number of amides is 2. The first-order chi connectivity index (χ1) is 12.3. The van der Waals surface area contributed by atoms with Crippen LogP contribution in [0.5, 0.6) is 0 Å². The number of benzene rings is 2. The van der Waals surface area contributed by atoms with Crippen LogP contribution < -0.4 is 10.6 Å². The molecule has 0 heterocycles. The summed E-state index contributed by atoms with van der Waals surface area (Å²) in [5.41, 5.74) is 0.748. The standard InChI is InChI=1S/C17H17FN2O4S2/c1-25-15-4-2-3-14(9-15)20-17(22)11-26(23,24)10-16(21)19-13-7-5-12(18)6-8-13/h2-9H,10-11H2,1H3,(H,19,21)(H,20,22). The molecule has 26 heavy (non-hydrogen) atoms. The molecule has 0 spiro atoms. The van der Waals surface area contributed by atoms with Crippen LogP contribution in [-0.2, 0) is 19.4 Å². The summed E-state index contributed by atoms with van der Waals surface area (Å²) in [7, 11) is -3.95. The number of hydrogen-bond donors (Lipinski definition) is 2. The average Bonchev–Trinajstić information content (AvgIpc) is 2.55. The molecule has 0 unspecified atom stereocenters. The number of nitrogens with one attached hydrogen (secondary N) is 2. The van der Waals surface area contributed by atoms with E-state index in [1.165, 1.54) is 23.9 Å². The predicted molar refractivity (Wildman–Crippen MR) is 101 cm³/mol. The second kappa shape index (κ2) is 8.81. The molecule has 6 nitrogen and oxygen atoms in total. The van der Waals surface area contributed by atoms with Crippen molar-refractivity contribution in [2.75, 3.05) is 28.4 Å². The summed E-state index contributed by atoms with van der Waals surface area (Å²) < 4.78 is 36.9. The van der Waals surface area contributed by atoms with E-state index in [0.29, 0.717) is 5.69 Å². The Labute approximate surface area is 155 Å². The lowest BCUT2D eigenvalue weighted by molar-refractivity contribution is -0.114. The Morgan fingerprint density at radius 1 is 0.962 bits per heavy atom. The van der Waals surface area contributed by atoms with E-state index < -0.39 is 39.0 Å². The van der Waals surface area contributed by atoms with Gasteiger partial charge in [0.1, 0.15) is 17.3 Å². The van der Waals surface area contributed by atoms with Crippen LogP contribution in [0.3, 0.4) is 0 Å². The lowest BCUT2D eigenvalue weighted by Crippen LogP contribution is -2.30. The van der Waals surface area contributed by atoms with E-state index in [0.717, 1.165) is 17.0 Å². The number of thioether (sulfide) groups is 1. The lowest BCUT2D eigenvalue weighted by atomic mass is 10.3. The quantitative estimate of drug-likeness (QED) is 0.702. The van der Waals surface area contributed by atoms with Crippen LogP contribution in [0, 0.1) is 5.82 Å². The minimum Gasteiger partial charge on any atom is -0.325 e. The highest BCUT2D eigenvalue weighted by molar-refractivity contribution is 7.98. The highest BCUT2D eigenvalue weighted by Gasteiger charge is 2.21. The highest BCUT2D eigenvalue weighted by atomic mass is 32.2. The Hall–Kier alpha value is -2.39. The van der Waals surface area contributed by atoms with Crippen LogP contribution in [0.4, 0.5) is 15.8 Å². The van der Waals surface area contributed by atoms with E-state index in [9.17, 15) is 22.4 Å². The van der Waals surface area contributed by atoms with Crippen LogP contribution >= 0.6 is 11.8 Å². The van der Waals surface area contributed by atoms with Gasteiger partial charge in [-0.2, -0.15) is 0 Å². The van der Waals surface area contributed by atoms with Crippen molar-refractivity contribution >= 4 is 44.8 Å². The summed E-state index contributed by atoms with van der Waals surface area (Å²) >= 11 is 1.49. The largest absolute Gasteiger partial charge is 0.325 e. The molecule has 2 aromatic rings. The van der Waals surface area contributed by atoms with Gasteiger partial charge in [0, 0.05) is 16.3 Å². The monoisotopic (exact) mass is 396 g/mol. The van der Waals surface area contributed by atoms with Gasteiger partial charge >= 0.3 is 0 Å². The third-order valence-corrected chi connectivity index (χ3v) is 5.31. The fourth-order valence-electron chi connectivity index (χ4n) is 2.08. The topological polar surface area (TPSA) is 92.3 Å². The van der Waals surface area contributed by atoms with Crippen molar-refractivity contribution in [3.05, 3.63) is 54.3 Å². The molecule has 0 fully saturated rings. The first-order valence-electron chi connectivity index (χ1n) is 7.47. The van der Waals surface area contributed by atoms with E-state index in [4.69, 9.17) is 0 Å². The van der Waals surface area contributed by atoms with Crippen LogP contribution in [0.25, 0.3) is 0 Å². The van der Waals surface area contributed by atoms with Gasteiger partial charge in [-0.15, -0.1) is 11.8 Å². The molecule has 0 aliphatic rings. The van der Waals surface area contributed by atoms with Gasteiger partial charge in [0.2, 0.25) is 11.8 Å². The molecule has 2 N–H and O–H groups in total. The average molecular weight is 396 g/mol. The van der Waals surface area contributed by atoms with Gasteiger partial charge in [-0.05, 0) is 48.7 Å². The van der Waals surface area contributed by atoms with Crippen molar-refractivity contribution in [2.45, 2.75) is 4.90 Å². The molecular weight excluding hydrogens is 379 g/mol. The molecule has 0 aliphatic carbocycles. The van der Waals surface area contributed by atoms with E-state index in [2.05, 4.69) is 10.6 Å². The van der Waals surface area contributed by atoms with Crippen molar-refractivity contribution in [1.82, 2.24) is 0 Å². The lowest BCUT2D eigenvalue weighted by Gasteiger charge is -2.08. The second-order valence-corrected chi connectivity index (χ2v) is 8.31. The summed E-state index contributed by atoms with van der Waals surface area (Å²) in [6.45, 7) is 0. The van der Waals surface area contributed by atoms with Crippen molar-refractivity contribution in [3.63, 3.8) is 0 Å². The van der Waals surface area contributed by atoms with E-state index >= 15 is 0 Å². The summed E-state index contributed by atoms with van der Waals surface area (Å²) in [5, 5.41) is 4.84. The molecular formula is C17H17FN2O4S2. The van der Waals surface area contributed by atoms with Gasteiger partial charge in [-0.25, -0.2) is 12.8 Å². The Morgan fingerprint density at radius 3 is 2.12 bits per heavy atom. The minimum absolute atomic E-state index is 0.268. The second-order valence-electron chi connectivity index (χ2n) is 5.37. The highest BCUT2D eigenvalue weighted by Crippen LogP contribution is 2.19. The van der Waals surface area contributed by atoms with Crippen molar-refractivity contribution in [1.29, 1.82) is 0 Å². The molecule has 0 saturated heterocycles. The maximum absolute atomic E-state index is 12.8. The molecule has 0 saturated carbocycles. The van der Waals surface area contributed by atoms with Crippen molar-refractivity contribution in [3.8, 4) is 0 Å². The Bertz CT molecular complexity index is 899. The number of rotatable bonds is 7. The minimum atomic E-state index is -3.95. The van der Waals surface area contributed by atoms with Crippen LogP contribution in [0.1, 0.15) is 0 Å². The van der Waals surface area contributed by atoms with Crippen molar-refractivity contribution < 1.29 is 22.4 Å². The Balaban J connectivity index is 1.91. The van der Waals surface area contributed by atoms with Gasteiger partial charge in [0.25, 0.3) is 0 Å². The van der Waals surface area contributed by atoms with Gasteiger partial charge in [-0.1, -0.05) is 6.07 Å². The van der Waals surface area contributed by atoms with Crippen LogP contribution in [-0.4, -0.2) is 38.0 Å². The van der Waals surface area contributed by atoms with E-state index in [-0.39, 0.29) is 5.69 Å². The third-order valence-electron chi connectivity index (χ3n) is 3.18. The van der Waals surface area contributed by atoms with E-state index in [1.54, 1.807) is 18.2 Å². The SMILES string of the molecule is CSc1cccc(NC(=O)CS(=O)(=O)CC(=O)Nc2ccc(F)cc2)c1. The number of carbonyl (C=O) groups excluding carboxylic acids is 2. The Kier molecular flexibility index (Phi) is 6.76. The third kappa shape index (κ3) is 6.49. The molecule has 9 heteroatoms. The molecule has 0 radical (unpaired) electrons. The summed E-state index contributed by atoms with van der Waals surface area (Å²) in [6, 6.07) is 11.9. The first-order valence-corrected chi connectivity index (χ1v) is 10.5. The molecule has 2 rings (SSSR count). The number of hydrogen-bond acceptors (Lipinski definition) is 5. The number of carbonyl (C=O) groups is 2. The van der Waals surface area contributed by atoms with Gasteiger partial charge in [-0.3, -0.25) is 9.59 Å². The zero-order valence-corrected chi connectivity index (χ0v) is 15.5. The van der Waals surface area contributed by atoms with Crippen LogP contribution in [0.2, 0.25) is 0 Å². The number of anilines is 2. The maximum atomic E-state index is 12.8. The number of sulfone groups is 1. The summed E-state index contributed by atoms with van der Waals surface area (Å²) in [5.74, 6) is -3.65. The summed E-state index contributed by atoms with van der Waals surface area (Å²) in [6.07, 6.45) is 1.88. The van der Waals surface area contributed by atoms with Crippen molar-refractivity contribution in [2.24, 2.45) is 0 Å². The maximum Gasteiger partial charge on any atom is 0.239 e. The first kappa shape index (κ1) is 19.9. The molecule has 0 aromatic heterocycles. The normalized spacial score (nSPS) is 11.0. The van der Waals surface area contributed by atoms with E-state index in [1.807, 2.05) is 12.3 Å². The molecule has 0 aliphatic heterocycles. The van der Waals surface area contributed by atoms with Gasteiger partial charge in [0.05, 0.1) is 0 Å². The molecule has 0 bridgehead atoms. The smallest absolute Gasteiger partial charge is 0.239 e. The summed E-state index contributed by atoms with van der Waals surface area (Å²) in [4.78, 5) is 24.7. The zero-order valence-electron chi connectivity index (χ0n) is 13.9. The Morgan fingerprint density at radius 2 is 1.54 bits per heavy atom. The van der Waals surface area contributed by atoms with Gasteiger partial charge < -0.3 is 10.6 Å². The molecule has 2 amide bonds. The fraction of sp³-hybridized carbons (Fsp3) is 0.176. The molecule has 0 atom stereocenters. The van der Waals surface area contributed by atoms with Gasteiger partial charge in [0.15, 0.2) is 9.84 Å². The molecule has 2 aromatic carbocycles. The molecule has 138 valence electrons. The van der Waals surface area contributed by atoms with Crippen LogP contribution in [0.15, 0.2) is 53.4 Å². The fourth-order valence-corrected chi connectivity index (χ4v) is 3.58. The zero-order chi connectivity index (χ0) is 19.2. The number of halogens is 1. The predicted octanol–water partition coefficient (Wildman–Crippen LogP) is 2.54.